The minimum atomic E-state index is 0.231. The van der Waals surface area contributed by atoms with E-state index in [1.807, 2.05) is 11.2 Å². The molecule has 2 fully saturated rings. The van der Waals surface area contributed by atoms with Gasteiger partial charge in [-0.15, -0.1) is 0 Å². The Bertz CT molecular complexity index is 677. The van der Waals surface area contributed by atoms with E-state index in [-0.39, 0.29) is 5.91 Å². The van der Waals surface area contributed by atoms with Gasteiger partial charge >= 0.3 is 0 Å². The van der Waals surface area contributed by atoms with Gasteiger partial charge in [0.15, 0.2) is 0 Å². The predicted molar refractivity (Wildman–Crippen MR) is 117 cm³/mol. The zero-order valence-corrected chi connectivity index (χ0v) is 18.8. The van der Waals surface area contributed by atoms with Crippen molar-refractivity contribution < 1.29 is 9.53 Å². The van der Waals surface area contributed by atoms with E-state index in [1.165, 1.54) is 43.9 Å². The first kappa shape index (κ1) is 21.8. The maximum absolute atomic E-state index is 11.6. The molecular weight excluding hydrogens is 378 g/mol. The molecule has 4 heterocycles. The van der Waals surface area contributed by atoms with Crippen LogP contribution in [0.1, 0.15) is 56.5 Å². The molecule has 1 atom stereocenters. The number of hydrogen-bond donors (Lipinski definition) is 1. The van der Waals surface area contributed by atoms with Gasteiger partial charge in [-0.05, 0) is 57.0 Å². The standard InChI is InChI=1S/C23H39N5O2/c1-18(29)27-12-4-19(5-13-27)16-26-10-6-20(7-11-26)23-22-21(24-17-25-22)8-14-28(23)9-3-15-30-2/h17,19-20,23H,3-16H2,1-2H3,(H,24,25). The number of ether oxygens (including phenoxy) is 1. The summed E-state index contributed by atoms with van der Waals surface area (Å²) >= 11 is 0. The maximum Gasteiger partial charge on any atom is 0.219 e. The van der Waals surface area contributed by atoms with Crippen LogP contribution in [0.25, 0.3) is 0 Å². The Morgan fingerprint density at radius 1 is 1.17 bits per heavy atom. The molecule has 3 aliphatic heterocycles. The molecule has 0 spiro atoms. The summed E-state index contributed by atoms with van der Waals surface area (Å²) < 4.78 is 5.30. The van der Waals surface area contributed by atoms with Crippen molar-refractivity contribution in [2.24, 2.45) is 11.8 Å². The Labute approximate surface area is 181 Å². The second-order valence-electron chi connectivity index (χ2n) is 9.43. The Balaban J connectivity index is 1.30. The third-order valence-corrected chi connectivity index (χ3v) is 7.52. The van der Waals surface area contributed by atoms with Crippen molar-refractivity contribution in [3.63, 3.8) is 0 Å². The van der Waals surface area contributed by atoms with Gasteiger partial charge in [0.2, 0.25) is 5.91 Å². The number of aromatic nitrogens is 2. The average Bonchev–Trinajstić information content (AvgIpc) is 3.24. The molecule has 1 N–H and O–H groups in total. The van der Waals surface area contributed by atoms with Gasteiger partial charge in [-0.1, -0.05) is 0 Å². The fourth-order valence-corrected chi connectivity index (χ4v) is 5.79. The highest BCUT2D eigenvalue weighted by Gasteiger charge is 2.37. The number of likely N-dealkylation sites (tertiary alicyclic amines) is 2. The fourth-order valence-electron chi connectivity index (χ4n) is 5.79. The lowest BCUT2D eigenvalue weighted by atomic mass is 9.83. The van der Waals surface area contributed by atoms with Crippen LogP contribution in [0.15, 0.2) is 6.33 Å². The van der Waals surface area contributed by atoms with Gasteiger partial charge in [-0.25, -0.2) is 4.98 Å². The molecular formula is C23H39N5O2. The van der Waals surface area contributed by atoms with Crippen LogP contribution in [-0.4, -0.2) is 90.1 Å². The van der Waals surface area contributed by atoms with Crippen LogP contribution in [0.5, 0.6) is 0 Å². The third-order valence-electron chi connectivity index (χ3n) is 7.52. The molecule has 3 aliphatic rings. The molecule has 0 radical (unpaired) electrons. The van der Waals surface area contributed by atoms with Crippen LogP contribution >= 0.6 is 0 Å². The first-order chi connectivity index (χ1) is 14.7. The summed E-state index contributed by atoms with van der Waals surface area (Å²) in [5.41, 5.74) is 2.65. The summed E-state index contributed by atoms with van der Waals surface area (Å²) in [7, 11) is 1.79. The molecule has 4 rings (SSSR count). The van der Waals surface area contributed by atoms with Crippen LogP contribution < -0.4 is 0 Å². The summed E-state index contributed by atoms with van der Waals surface area (Å²) in [6.45, 7) is 10.2. The zero-order chi connectivity index (χ0) is 20.9. The number of piperidine rings is 2. The number of rotatable bonds is 7. The first-order valence-electron chi connectivity index (χ1n) is 11.9. The van der Waals surface area contributed by atoms with Crippen LogP contribution in [-0.2, 0) is 16.0 Å². The third kappa shape index (κ3) is 5.06. The summed E-state index contributed by atoms with van der Waals surface area (Å²) in [5.74, 6) is 1.66. The molecule has 0 aromatic carbocycles. The number of H-pyrrole nitrogens is 1. The SMILES string of the molecule is COCCCN1CCc2[nH]cnc2C1C1CCN(CC2CCN(C(C)=O)CC2)CC1. The van der Waals surface area contributed by atoms with Gasteiger partial charge in [-0.3, -0.25) is 9.69 Å². The molecule has 30 heavy (non-hydrogen) atoms. The zero-order valence-electron chi connectivity index (χ0n) is 18.8. The van der Waals surface area contributed by atoms with Gasteiger partial charge in [0.25, 0.3) is 0 Å². The molecule has 0 aliphatic carbocycles. The molecule has 0 saturated carbocycles. The molecule has 1 aromatic heterocycles. The van der Waals surface area contributed by atoms with Gasteiger partial charge in [0.05, 0.1) is 18.1 Å². The number of aromatic amines is 1. The quantitative estimate of drug-likeness (QED) is 0.690. The molecule has 168 valence electrons. The highest BCUT2D eigenvalue weighted by Crippen LogP contribution is 2.39. The van der Waals surface area contributed by atoms with E-state index in [2.05, 4.69) is 14.8 Å². The van der Waals surface area contributed by atoms with Crippen molar-refractivity contribution in [1.82, 2.24) is 24.7 Å². The van der Waals surface area contributed by atoms with Crippen LogP contribution in [0.2, 0.25) is 0 Å². The number of imidazole rings is 1. The number of methoxy groups -OCH3 is 1. The summed E-state index contributed by atoms with van der Waals surface area (Å²) in [6, 6.07) is 0.456. The Morgan fingerprint density at radius 2 is 1.93 bits per heavy atom. The number of amides is 1. The van der Waals surface area contributed by atoms with E-state index in [9.17, 15) is 4.79 Å². The Morgan fingerprint density at radius 3 is 2.63 bits per heavy atom. The number of nitrogens with one attached hydrogen (secondary N) is 1. The van der Waals surface area contributed by atoms with Crippen molar-refractivity contribution in [2.45, 2.75) is 51.5 Å². The highest BCUT2D eigenvalue weighted by molar-refractivity contribution is 5.73. The second kappa shape index (κ2) is 10.2. The van der Waals surface area contributed by atoms with Crippen LogP contribution in [0.4, 0.5) is 0 Å². The largest absolute Gasteiger partial charge is 0.385 e. The molecule has 0 bridgehead atoms. The van der Waals surface area contributed by atoms with E-state index in [4.69, 9.17) is 9.72 Å². The molecule has 1 aromatic rings. The number of carbonyl (C=O) groups is 1. The molecule has 7 nitrogen and oxygen atoms in total. The lowest BCUT2D eigenvalue weighted by molar-refractivity contribution is -0.130. The molecule has 7 heteroatoms. The summed E-state index contributed by atoms with van der Waals surface area (Å²) in [6.07, 6.45) is 8.88. The van der Waals surface area contributed by atoms with Crippen molar-refractivity contribution >= 4 is 5.91 Å². The van der Waals surface area contributed by atoms with E-state index in [0.717, 1.165) is 64.4 Å². The minimum absolute atomic E-state index is 0.231. The fraction of sp³-hybridized carbons (Fsp3) is 0.826. The van der Waals surface area contributed by atoms with E-state index in [1.54, 1.807) is 14.0 Å². The van der Waals surface area contributed by atoms with Crippen molar-refractivity contribution in [3.05, 3.63) is 17.7 Å². The van der Waals surface area contributed by atoms with Crippen LogP contribution in [0, 0.1) is 11.8 Å². The second-order valence-corrected chi connectivity index (χ2v) is 9.43. The maximum atomic E-state index is 11.6. The lowest BCUT2D eigenvalue weighted by Gasteiger charge is -2.44. The number of hydrogen-bond acceptors (Lipinski definition) is 5. The number of carbonyl (C=O) groups excluding carboxylic acids is 1. The predicted octanol–water partition coefficient (Wildman–Crippen LogP) is 2.32. The van der Waals surface area contributed by atoms with E-state index in [0.29, 0.717) is 12.0 Å². The van der Waals surface area contributed by atoms with Crippen molar-refractivity contribution in [2.75, 3.05) is 59.5 Å². The molecule has 2 saturated heterocycles. The smallest absolute Gasteiger partial charge is 0.219 e. The van der Waals surface area contributed by atoms with Gasteiger partial charge in [0, 0.05) is 65.5 Å². The first-order valence-corrected chi connectivity index (χ1v) is 11.9. The number of fused-ring (bicyclic) bond motifs is 1. The summed E-state index contributed by atoms with van der Waals surface area (Å²) in [5, 5.41) is 0. The summed E-state index contributed by atoms with van der Waals surface area (Å²) in [4.78, 5) is 27.0. The average molecular weight is 418 g/mol. The van der Waals surface area contributed by atoms with Gasteiger partial charge < -0.3 is 19.5 Å². The normalized spacial score (nSPS) is 24.9. The van der Waals surface area contributed by atoms with E-state index < -0.39 is 0 Å². The highest BCUT2D eigenvalue weighted by atomic mass is 16.5. The lowest BCUT2D eigenvalue weighted by Crippen LogP contribution is -2.46. The van der Waals surface area contributed by atoms with Gasteiger partial charge in [-0.2, -0.15) is 0 Å². The Hall–Kier alpha value is -1.44. The monoisotopic (exact) mass is 417 g/mol. The van der Waals surface area contributed by atoms with Crippen molar-refractivity contribution in [1.29, 1.82) is 0 Å². The van der Waals surface area contributed by atoms with Crippen LogP contribution in [0.3, 0.4) is 0 Å². The van der Waals surface area contributed by atoms with Crippen molar-refractivity contribution in [3.8, 4) is 0 Å². The van der Waals surface area contributed by atoms with Gasteiger partial charge in [0.1, 0.15) is 0 Å². The Kier molecular flexibility index (Phi) is 7.44. The molecule has 1 unspecified atom stereocenters. The topological polar surface area (TPSA) is 64.7 Å². The minimum Gasteiger partial charge on any atom is -0.385 e. The number of nitrogens with zero attached hydrogens (tertiary/aromatic N) is 4. The van der Waals surface area contributed by atoms with E-state index >= 15 is 0 Å². The molecule has 1 amide bonds.